The summed E-state index contributed by atoms with van der Waals surface area (Å²) in [4.78, 5) is 28.8. The predicted molar refractivity (Wildman–Crippen MR) is 133 cm³/mol. The Morgan fingerprint density at radius 1 is 0.970 bits per heavy atom. The largest absolute Gasteiger partial charge is 0.321 e. The number of carbonyl (C=O) groups excluding carboxylic acids is 1. The van der Waals surface area contributed by atoms with Gasteiger partial charge in [0.2, 0.25) is 5.91 Å². The molecule has 7 heteroatoms. The van der Waals surface area contributed by atoms with Crippen LogP contribution in [0.3, 0.4) is 0 Å². The molecule has 1 amide bonds. The fraction of sp³-hybridized carbons (Fsp3) is 0.115. The van der Waals surface area contributed by atoms with E-state index in [-0.39, 0.29) is 17.5 Å². The average molecular weight is 476 g/mol. The number of H-pyrrole nitrogens is 1. The minimum absolute atomic E-state index is 0.212. The molecule has 5 rings (SSSR count). The molecular formula is C26H19Cl2N3O2. The van der Waals surface area contributed by atoms with Crippen molar-refractivity contribution in [1.82, 2.24) is 9.99 Å². The third-order valence-electron chi connectivity index (χ3n) is 5.79. The molecule has 1 aliphatic heterocycles. The molecule has 1 unspecified atom stereocenters. The number of nitrogens with one attached hydrogen (secondary N) is 1. The second-order valence-corrected chi connectivity index (χ2v) is 8.82. The Morgan fingerprint density at radius 3 is 2.45 bits per heavy atom. The number of halogens is 2. The summed E-state index contributed by atoms with van der Waals surface area (Å²) in [6.45, 7) is 1.46. The normalized spacial score (nSPS) is 15.7. The van der Waals surface area contributed by atoms with Crippen molar-refractivity contribution in [3.05, 3.63) is 104 Å². The van der Waals surface area contributed by atoms with E-state index < -0.39 is 0 Å². The number of hydrazone groups is 1. The molecule has 0 aliphatic carbocycles. The van der Waals surface area contributed by atoms with Gasteiger partial charge >= 0.3 is 0 Å². The van der Waals surface area contributed by atoms with E-state index in [4.69, 9.17) is 23.2 Å². The van der Waals surface area contributed by atoms with Gasteiger partial charge in [0.05, 0.1) is 17.3 Å². The Bertz CT molecular complexity index is 1480. The number of benzene rings is 3. The van der Waals surface area contributed by atoms with Crippen LogP contribution >= 0.6 is 23.2 Å². The molecule has 1 atom stereocenters. The van der Waals surface area contributed by atoms with E-state index in [2.05, 4.69) is 10.1 Å². The fourth-order valence-electron chi connectivity index (χ4n) is 4.37. The highest BCUT2D eigenvalue weighted by Gasteiger charge is 2.34. The zero-order chi connectivity index (χ0) is 23.1. The van der Waals surface area contributed by atoms with Crippen molar-refractivity contribution in [2.45, 2.75) is 19.4 Å². The van der Waals surface area contributed by atoms with Gasteiger partial charge in [-0.05, 0) is 41.5 Å². The van der Waals surface area contributed by atoms with Crippen LogP contribution in [0.2, 0.25) is 10.0 Å². The smallest absolute Gasteiger partial charge is 0.258 e. The summed E-state index contributed by atoms with van der Waals surface area (Å²) >= 11 is 12.5. The highest BCUT2D eigenvalue weighted by atomic mass is 35.5. The molecule has 0 saturated carbocycles. The summed E-state index contributed by atoms with van der Waals surface area (Å²) in [5.41, 5.74) is 3.86. The van der Waals surface area contributed by atoms with Crippen molar-refractivity contribution in [3.63, 3.8) is 0 Å². The lowest BCUT2D eigenvalue weighted by Gasteiger charge is -2.20. The number of nitrogens with zero attached hydrogens (tertiary/aromatic N) is 2. The van der Waals surface area contributed by atoms with Crippen LogP contribution in [-0.2, 0) is 4.79 Å². The Morgan fingerprint density at radius 2 is 1.73 bits per heavy atom. The first-order valence-corrected chi connectivity index (χ1v) is 11.2. The van der Waals surface area contributed by atoms with Gasteiger partial charge in [0.1, 0.15) is 0 Å². The first-order valence-electron chi connectivity index (χ1n) is 10.5. The van der Waals surface area contributed by atoms with Crippen LogP contribution in [0.25, 0.3) is 22.0 Å². The van der Waals surface area contributed by atoms with Crippen molar-refractivity contribution in [2.75, 3.05) is 0 Å². The van der Waals surface area contributed by atoms with Crippen molar-refractivity contribution in [2.24, 2.45) is 5.10 Å². The Kier molecular flexibility index (Phi) is 5.52. The topological polar surface area (TPSA) is 65.5 Å². The molecule has 2 heterocycles. The van der Waals surface area contributed by atoms with E-state index in [0.29, 0.717) is 33.3 Å². The van der Waals surface area contributed by atoms with E-state index in [0.717, 1.165) is 22.1 Å². The number of pyridine rings is 1. The van der Waals surface area contributed by atoms with Gasteiger partial charge in [-0.1, -0.05) is 65.7 Å². The molecule has 1 N–H and O–H groups in total. The monoisotopic (exact) mass is 475 g/mol. The number of aromatic amines is 1. The van der Waals surface area contributed by atoms with Crippen molar-refractivity contribution >= 4 is 45.7 Å². The molecule has 0 saturated heterocycles. The van der Waals surface area contributed by atoms with Gasteiger partial charge in [0.25, 0.3) is 5.56 Å². The number of amides is 1. The lowest BCUT2D eigenvalue weighted by Crippen LogP contribution is -2.24. The maximum absolute atomic E-state index is 13.4. The minimum Gasteiger partial charge on any atom is -0.321 e. The second kappa shape index (κ2) is 8.50. The minimum atomic E-state index is -0.353. The fourth-order valence-corrected chi connectivity index (χ4v) is 4.74. The average Bonchev–Trinajstić information content (AvgIpc) is 3.24. The number of fused-ring (bicyclic) bond motifs is 1. The highest BCUT2D eigenvalue weighted by molar-refractivity contribution is 6.31. The maximum atomic E-state index is 13.4. The number of hydrogen-bond donors (Lipinski definition) is 1. The lowest BCUT2D eigenvalue weighted by atomic mass is 9.91. The van der Waals surface area contributed by atoms with Gasteiger partial charge in [-0.25, -0.2) is 5.01 Å². The summed E-state index contributed by atoms with van der Waals surface area (Å²) in [7, 11) is 0. The summed E-state index contributed by atoms with van der Waals surface area (Å²) < 4.78 is 0. The molecule has 164 valence electrons. The first kappa shape index (κ1) is 21.4. The summed E-state index contributed by atoms with van der Waals surface area (Å²) in [6.07, 6.45) is 0.384. The van der Waals surface area contributed by atoms with Gasteiger partial charge < -0.3 is 4.98 Å². The molecule has 4 aromatic rings. The zero-order valence-electron chi connectivity index (χ0n) is 17.7. The molecule has 0 spiro atoms. The van der Waals surface area contributed by atoms with Crippen LogP contribution in [-0.4, -0.2) is 21.6 Å². The molecule has 33 heavy (non-hydrogen) atoms. The molecule has 1 aliphatic rings. The predicted octanol–water partition coefficient (Wildman–Crippen LogP) is 6.20. The second-order valence-electron chi connectivity index (χ2n) is 7.95. The summed E-state index contributed by atoms with van der Waals surface area (Å²) in [5.74, 6) is -0.212. The van der Waals surface area contributed by atoms with Crippen LogP contribution in [0.15, 0.2) is 82.7 Å². The standard InChI is InChI=1S/C26H19Cl2N3O2/c1-15(32)31-23(17-8-5-9-18(27)12-17)14-22(30-31)25-24(16-6-3-2-4-7-16)20-13-19(28)10-11-21(20)29-26(25)33/h2-13,23H,14H2,1H3,(H,29,33). The van der Waals surface area contributed by atoms with Crippen LogP contribution in [0.5, 0.6) is 0 Å². The number of carbonyl (C=O) groups is 1. The molecule has 3 aromatic carbocycles. The Labute approximate surface area is 200 Å². The molecule has 0 radical (unpaired) electrons. The van der Waals surface area contributed by atoms with Crippen LogP contribution in [0.4, 0.5) is 0 Å². The summed E-state index contributed by atoms with van der Waals surface area (Å²) in [6, 6.07) is 22.0. The van der Waals surface area contributed by atoms with E-state index >= 15 is 0 Å². The highest BCUT2D eigenvalue weighted by Crippen LogP contribution is 2.37. The SMILES string of the molecule is CC(=O)N1N=C(c2c(-c3ccccc3)c3cc(Cl)ccc3[nH]c2=O)CC1c1cccc(Cl)c1. The first-order chi connectivity index (χ1) is 15.9. The van der Waals surface area contributed by atoms with E-state index in [9.17, 15) is 9.59 Å². The molecule has 1 aromatic heterocycles. The zero-order valence-corrected chi connectivity index (χ0v) is 19.2. The van der Waals surface area contributed by atoms with Crippen LogP contribution in [0, 0.1) is 0 Å². The quantitative estimate of drug-likeness (QED) is 0.383. The number of rotatable bonds is 3. The van der Waals surface area contributed by atoms with Gasteiger partial charge in [0.15, 0.2) is 0 Å². The van der Waals surface area contributed by atoms with Crippen molar-refractivity contribution in [1.29, 1.82) is 0 Å². The van der Waals surface area contributed by atoms with Crippen molar-refractivity contribution < 1.29 is 4.79 Å². The van der Waals surface area contributed by atoms with E-state index in [1.54, 1.807) is 18.2 Å². The molecular weight excluding hydrogens is 457 g/mol. The van der Waals surface area contributed by atoms with Gasteiger partial charge in [-0.15, -0.1) is 0 Å². The molecule has 0 bridgehead atoms. The third kappa shape index (κ3) is 3.94. The number of hydrogen-bond acceptors (Lipinski definition) is 3. The van der Waals surface area contributed by atoms with Crippen LogP contribution in [0.1, 0.15) is 30.5 Å². The van der Waals surface area contributed by atoms with Gasteiger partial charge in [-0.2, -0.15) is 5.10 Å². The molecule has 5 nitrogen and oxygen atoms in total. The van der Waals surface area contributed by atoms with E-state index in [1.165, 1.54) is 11.9 Å². The van der Waals surface area contributed by atoms with Crippen molar-refractivity contribution in [3.8, 4) is 11.1 Å². The van der Waals surface area contributed by atoms with E-state index in [1.807, 2.05) is 54.6 Å². The summed E-state index contributed by atoms with van der Waals surface area (Å²) in [5, 5.41) is 8.01. The van der Waals surface area contributed by atoms with Crippen LogP contribution < -0.4 is 5.56 Å². The van der Waals surface area contributed by atoms with Gasteiger partial charge in [-0.3, -0.25) is 9.59 Å². The number of aromatic nitrogens is 1. The Hall–Kier alpha value is -3.41. The maximum Gasteiger partial charge on any atom is 0.258 e. The molecule has 0 fully saturated rings. The third-order valence-corrected chi connectivity index (χ3v) is 6.26. The van der Waals surface area contributed by atoms with Gasteiger partial charge in [0, 0.05) is 39.9 Å². The lowest BCUT2D eigenvalue weighted by molar-refractivity contribution is -0.130. The Balaban J connectivity index is 1.75.